The molecule has 0 amide bonds. The van der Waals surface area contributed by atoms with Gasteiger partial charge in [0.15, 0.2) is 0 Å². The number of halogens is 1. The molecule has 0 fully saturated rings. The van der Waals surface area contributed by atoms with Gasteiger partial charge in [-0.1, -0.05) is 22.0 Å². The molecule has 0 bridgehead atoms. The first-order chi connectivity index (χ1) is 7.20. The predicted octanol–water partition coefficient (Wildman–Crippen LogP) is 3.37. The van der Waals surface area contributed by atoms with E-state index in [-0.39, 0.29) is 6.61 Å². The van der Waals surface area contributed by atoms with Gasteiger partial charge in [-0.3, -0.25) is 0 Å². The van der Waals surface area contributed by atoms with Gasteiger partial charge in [0, 0.05) is 15.4 Å². The van der Waals surface area contributed by atoms with E-state index in [1.807, 2.05) is 17.5 Å². The summed E-state index contributed by atoms with van der Waals surface area (Å²) in [6, 6.07) is 6.11. The number of thiazole rings is 1. The van der Waals surface area contributed by atoms with Crippen molar-refractivity contribution in [3.05, 3.63) is 38.6 Å². The quantitative estimate of drug-likeness (QED) is 0.917. The number of nitrogens with zero attached hydrogens (tertiary/aromatic N) is 1. The number of aliphatic hydroxyl groups excluding tert-OH is 1. The number of hydrogen-bond donors (Lipinski definition) is 1. The van der Waals surface area contributed by atoms with Crippen molar-refractivity contribution in [1.29, 1.82) is 0 Å². The molecular weight excluding hydrogens is 274 g/mol. The predicted molar refractivity (Wildman–Crippen MR) is 65.9 cm³/mol. The van der Waals surface area contributed by atoms with E-state index in [1.165, 1.54) is 16.9 Å². The van der Waals surface area contributed by atoms with Gasteiger partial charge in [-0.2, -0.15) is 0 Å². The fourth-order valence-corrected chi connectivity index (χ4v) is 2.39. The van der Waals surface area contributed by atoms with E-state index in [1.54, 1.807) is 0 Å². The minimum atomic E-state index is 0.0116. The number of benzene rings is 1. The molecule has 15 heavy (non-hydrogen) atoms. The molecule has 1 aromatic heterocycles. The van der Waals surface area contributed by atoms with Crippen LogP contribution >= 0.6 is 27.3 Å². The zero-order valence-corrected chi connectivity index (χ0v) is 10.6. The molecule has 1 aromatic carbocycles. The van der Waals surface area contributed by atoms with Crippen LogP contribution in [-0.4, -0.2) is 10.1 Å². The van der Waals surface area contributed by atoms with Crippen molar-refractivity contribution in [2.75, 3.05) is 0 Å². The number of rotatable bonds is 2. The van der Waals surface area contributed by atoms with Crippen molar-refractivity contribution in [3.63, 3.8) is 0 Å². The fourth-order valence-electron chi connectivity index (χ4n) is 1.38. The molecule has 0 atom stereocenters. The molecule has 1 N–H and O–H groups in total. The smallest absolute Gasteiger partial charge is 0.119 e. The van der Waals surface area contributed by atoms with Gasteiger partial charge in [-0.05, 0) is 24.6 Å². The Morgan fingerprint density at radius 3 is 2.93 bits per heavy atom. The minimum absolute atomic E-state index is 0.0116. The van der Waals surface area contributed by atoms with E-state index in [2.05, 4.69) is 33.9 Å². The monoisotopic (exact) mass is 283 g/mol. The SMILES string of the molecule is Cc1ccc(Br)cc1-c1csc(CO)n1. The number of aliphatic hydroxyl groups is 1. The Hall–Kier alpha value is -0.710. The number of aryl methyl sites for hydroxylation is 1. The molecular formula is C11H10BrNOS. The van der Waals surface area contributed by atoms with Crippen molar-refractivity contribution >= 4 is 27.3 Å². The summed E-state index contributed by atoms with van der Waals surface area (Å²) in [6.45, 7) is 2.07. The Balaban J connectivity index is 2.48. The van der Waals surface area contributed by atoms with Crippen LogP contribution in [0.4, 0.5) is 0 Å². The molecule has 0 aliphatic heterocycles. The van der Waals surface area contributed by atoms with E-state index in [0.717, 1.165) is 20.7 Å². The molecule has 2 rings (SSSR count). The summed E-state index contributed by atoms with van der Waals surface area (Å²) in [6.07, 6.45) is 0. The Bertz CT molecular complexity index is 481. The Morgan fingerprint density at radius 1 is 1.47 bits per heavy atom. The Morgan fingerprint density at radius 2 is 2.27 bits per heavy atom. The summed E-state index contributed by atoms with van der Waals surface area (Å²) in [5.41, 5.74) is 3.23. The van der Waals surface area contributed by atoms with Crippen LogP contribution in [0.15, 0.2) is 28.1 Å². The molecule has 0 aliphatic carbocycles. The molecule has 2 aromatic rings. The first kappa shape index (κ1) is 10.8. The first-order valence-electron chi connectivity index (χ1n) is 4.52. The average Bonchev–Trinajstić information content (AvgIpc) is 2.70. The highest BCUT2D eigenvalue weighted by Gasteiger charge is 2.06. The largest absolute Gasteiger partial charge is 0.389 e. The van der Waals surface area contributed by atoms with Crippen LogP contribution in [0.3, 0.4) is 0 Å². The molecule has 2 nitrogen and oxygen atoms in total. The van der Waals surface area contributed by atoms with Gasteiger partial charge in [-0.25, -0.2) is 4.98 Å². The highest BCUT2D eigenvalue weighted by Crippen LogP contribution is 2.27. The van der Waals surface area contributed by atoms with Crippen molar-refractivity contribution in [3.8, 4) is 11.3 Å². The van der Waals surface area contributed by atoms with Crippen LogP contribution in [0.5, 0.6) is 0 Å². The second kappa shape index (κ2) is 4.43. The van der Waals surface area contributed by atoms with Gasteiger partial charge < -0.3 is 5.11 Å². The maximum Gasteiger partial charge on any atom is 0.119 e. The zero-order chi connectivity index (χ0) is 10.8. The van der Waals surface area contributed by atoms with Crippen LogP contribution in [0.1, 0.15) is 10.6 Å². The van der Waals surface area contributed by atoms with Crippen molar-refractivity contribution in [1.82, 2.24) is 4.98 Å². The Labute approximate surface area is 101 Å². The number of hydrogen-bond acceptors (Lipinski definition) is 3. The van der Waals surface area contributed by atoms with E-state index in [4.69, 9.17) is 5.11 Å². The standard InChI is InChI=1S/C11H10BrNOS/c1-7-2-3-8(12)4-9(7)10-6-15-11(5-14)13-10/h2-4,6,14H,5H2,1H3. The highest BCUT2D eigenvalue weighted by atomic mass is 79.9. The summed E-state index contributed by atoms with van der Waals surface area (Å²) in [4.78, 5) is 4.35. The molecule has 0 aliphatic rings. The molecule has 0 unspecified atom stereocenters. The third-order valence-electron chi connectivity index (χ3n) is 2.16. The summed E-state index contributed by atoms with van der Waals surface area (Å²) < 4.78 is 1.04. The normalized spacial score (nSPS) is 10.6. The van der Waals surface area contributed by atoms with E-state index in [9.17, 15) is 0 Å². The minimum Gasteiger partial charge on any atom is -0.389 e. The summed E-state index contributed by atoms with van der Waals surface area (Å²) in [5, 5.41) is 11.7. The second-order valence-electron chi connectivity index (χ2n) is 3.24. The van der Waals surface area contributed by atoms with E-state index in [0.29, 0.717) is 0 Å². The maximum absolute atomic E-state index is 8.96. The zero-order valence-electron chi connectivity index (χ0n) is 8.20. The van der Waals surface area contributed by atoms with Crippen LogP contribution in [0.2, 0.25) is 0 Å². The topological polar surface area (TPSA) is 33.1 Å². The van der Waals surface area contributed by atoms with Crippen LogP contribution in [0, 0.1) is 6.92 Å². The van der Waals surface area contributed by atoms with Crippen molar-refractivity contribution in [2.45, 2.75) is 13.5 Å². The molecule has 0 spiro atoms. The van der Waals surface area contributed by atoms with Crippen molar-refractivity contribution < 1.29 is 5.11 Å². The molecule has 1 heterocycles. The van der Waals surface area contributed by atoms with Gasteiger partial charge in [0.05, 0.1) is 12.3 Å². The molecule has 0 saturated carbocycles. The van der Waals surface area contributed by atoms with Crippen LogP contribution < -0.4 is 0 Å². The summed E-state index contributed by atoms with van der Waals surface area (Å²) in [5.74, 6) is 0. The summed E-state index contributed by atoms with van der Waals surface area (Å²) in [7, 11) is 0. The van der Waals surface area contributed by atoms with Gasteiger partial charge in [-0.15, -0.1) is 11.3 Å². The van der Waals surface area contributed by atoms with Gasteiger partial charge in [0.1, 0.15) is 5.01 Å². The van der Waals surface area contributed by atoms with Gasteiger partial charge >= 0.3 is 0 Å². The lowest BCUT2D eigenvalue weighted by Gasteiger charge is -2.02. The summed E-state index contributed by atoms with van der Waals surface area (Å²) >= 11 is 4.93. The van der Waals surface area contributed by atoms with Gasteiger partial charge in [0.2, 0.25) is 0 Å². The Kier molecular flexibility index (Phi) is 3.19. The van der Waals surface area contributed by atoms with Crippen LogP contribution in [0.25, 0.3) is 11.3 Å². The maximum atomic E-state index is 8.96. The highest BCUT2D eigenvalue weighted by molar-refractivity contribution is 9.10. The molecule has 0 saturated heterocycles. The van der Waals surface area contributed by atoms with Gasteiger partial charge in [0.25, 0.3) is 0 Å². The molecule has 0 radical (unpaired) electrons. The van der Waals surface area contributed by atoms with Crippen molar-refractivity contribution in [2.24, 2.45) is 0 Å². The lowest BCUT2D eigenvalue weighted by molar-refractivity contribution is 0.281. The lowest BCUT2D eigenvalue weighted by atomic mass is 10.1. The lowest BCUT2D eigenvalue weighted by Crippen LogP contribution is -1.85. The molecule has 4 heteroatoms. The molecule has 78 valence electrons. The third-order valence-corrected chi connectivity index (χ3v) is 3.49. The fraction of sp³-hybridized carbons (Fsp3) is 0.182. The second-order valence-corrected chi connectivity index (χ2v) is 5.10. The van der Waals surface area contributed by atoms with E-state index >= 15 is 0 Å². The number of aromatic nitrogens is 1. The van der Waals surface area contributed by atoms with Crippen LogP contribution in [-0.2, 0) is 6.61 Å². The van der Waals surface area contributed by atoms with E-state index < -0.39 is 0 Å². The third kappa shape index (κ3) is 2.27. The average molecular weight is 284 g/mol. The first-order valence-corrected chi connectivity index (χ1v) is 6.20.